The second kappa shape index (κ2) is 4.33. The third-order valence-electron chi connectivity index (χ3n) is 3.49. The molecule has 0 spiro atoms. The summed E-state index contributed by atoms with van der Waals surface area (Å²) in [5.74, 6) is -0.699. The van der Waals surface area contributed by atoms with Gasteiger partial charge in [-0.05, 0) is 44.0 Å². The predicted octanol–water partition coefficient (Wildman–Crippen LogP) is 3.06. The molecule has 2 rings (SSSR count). The van der Waals surface area contributed by atoms with E-state index in [0.717, 1.165) is 16.7 Å². The van der Waals surface area contributed by atoms with E-state index in [9.17, 15) is 9.90 Å². The Morgan fingerprint density at radius 1 is 1.53 bits per heavy atom. The summed E-state index contributed by atoms with van der Waals surface area (Å²) in [6, 6.07) is 6.11. The van der Waals surface area contributed by atoms with Crippen LogP contribution in [0.25, 0.3) is 0 Å². The number of aliphatic carboxylic acids is 1. The SMILES string of the molecule is Cc1cc(Br)ccc1N1CCC(C)(C(=O)O)C1. The van der Waals surface area contributed by atoms with Gasteiger partial charge in [-0.15, -0.1) is 0 Å². The number of carboxylic acids is 1. The average molecular weight is 298 g/mol. The van der Waals surface area contributed by atoms with Crippen LogP contribution in [-0.4, -0.2) is 24.2 Å². The van der Waals surface area contributed by atoms with E-state index < -0.39 is 11.4 Å². The highest BCUT2D eigenvalue weighted by molar-refractivity contribution is 9.10. The number of aryl methyl sites for hydroxylation is 1. The quantitative estimate of drug-likeness (QED) is 0.912. The maximum absolute atomic E-state index is 11.2. The Morgan fingerprint density at radius 2 is 2.24 bits per heavy atom. The van der Waals surface area contributed by atoms with E-state index in [-0.39, 0.29) is 0 Å². The van der Waals surface area contributed by atoms with Crippen molar-refractivity contribution in [2.24, 2.45) is 5.41 Å². The summed E-state index contributed by atoms with van der Waals surface area (Å²) in [6.45, 7) is 5.27. The van der Waals surface area contributed by atoms with Crippen LogP contribution in [0.3, 0.4) is 0 Å². The second-order valence-corrected chi connectivity index (χ2v) is 5.88. The first-order valence-electron chi connectivity index (χ1n) is 5.67. The van der Waals surface area contributed by atoms with Crippen LogP contribution in [0.2, 0.25) is 0 Å². The van der Waals surface area contributed by atoms with Gasteiger partial charge in [0.15, 0.2) is 0 Å². The Morgan fingerprint density at radius 3 is 2.76 bits per heavy atom. The van der Waals surface area contributed by atoms with Gasteiger partial charge < -0.3 is 10.0 Å². The lowest BCUT2D eigenvalue weighted by atomic mass is 9.90. The number of hydrogen-bond donors (Lipinski definition) is 1. The summed E-state index contributed by atoms with van der Waals surface area (Å²) >= 11 is 3.44. The molecule has 0 radical (unpaired) electrons. The van der Waals surface area contributed by atoms with Gasteiger partial charge in [0.05, 0.1) is 5.41 Å². The van der Waals surface area contributed by atoms with Gasteiger partial charge in [-0.1, -0.05) is 15.9 Å². The first-order valence-corrected chi connectivity index (χ1v) is 6.46. The molecular weight excluding hydrogens is 282 g/mol. The zero-order valence-electron chi connectivity index (χ0n) is 10.0. The molecule has 1 aromatic carbocycles. The van der Waals surface area contributed by atoms with E-state index in [0.29, 0.717) is 13.0 Å². The van der Waals surface area contributed by atoms with E-state index in [1.54, 1.807) is 0 Å². The van der Waals surface area contributed by atoms with Crippen molar-refractivity contribution in [2.75, 3.05) is 18.0 Å². The minimum Gasteiger partial charge on any atom is -0.481 e. The van der Waals surface area contributed by atoms with Gasteiger partial charge in [-0.25, -0.2) is 0 Å². The van der Waals surface area contributed by atoms with E-state index in [1.807, 2.05) is 19.1 Å². The summed E-state index contributed by atoms with van der Waals surface area (Å²) in [5, 5.41) is 9.22. The van der Waals surface area contributed by atoms with Gasteiger partial charge in [0.25, 0.3) is 0 Å². The van der Waals surface area contributed by atoms with Crippen molar-refractivity contribution in [1.82, 2.24) is 0 Å². The maximum Gasteiger partial charge on any atom is 0.311 e. The molecule has 1 atom stereocenters. The second-order valence-electron chi connectivity index (χ2n) is 4.97. The lowest BCUT2D eigenvalue weighted by Crippen LogP contribution is -2.31. The number of hydrogen-bond acceptors (Lipinski definition) is 2. The Balaban J connectivity index is 2.24. The van der Waals surface area contributed by atoms with Crippen LogP contribution in [0.4, 0.5) is 5.69 Å². The highest BCUT2D eigenvalue weighted by atomic mass is 79.9. The van der Waals surface area contributed by atoms with Gasteiger partial charge in [0, 0.05) is 23.2 Å². The molecule has 17 heavy (non-hydrogen) atoms. The normalized spacial score (nSPS) is 24.1. The average Bonchev–Trinajstić information content (AvgIpc) is 2.62. The summed E-state index contributed by atoms with van der Waals surface area (Å²) in [4.78, 5) is 13.4. The van der Waals surface area contributed by atoms with Crippen LogP contribution in [0.15, 0.2) is 22.7 Å². The van der Waals surface area contributed by atoms with E-state index in [1.165, 1.54) is 5.56 Å². The van der Waals surface area contributed by atoms with Crippen LogP contribution in [-0.2, 0) is 4.79 Å². The molecule has 0 aliphatic carbocycles. The Labute approximate surface area is 110 Å². The lowest BCUT2D eigenvalue weighted by Gasteiger charge is -2.23. The highest BCUT2D eigenvalue weighted by Crippen LogP contribution is 2.35. The summed E-state index contributed by atoms with van der Waals surface area (Å²) in [5.41, 5.74) is 1.70. The molecule has 1 unspecified atom stereocenters. The molecule has 4 heteroatoms. The highest BCUT2D eigenvalue weighted by Gasteiger charge is 2.40. The van der Waals surface area contributed by atoms with Crippen molar-refractivity contribution in [2.45, 2.75) is 20.3 Å². The van der Waals surface area contributed by atoms with Crippen molar-refractivity contribution in [3.63, 3.8) is 0 Å². The molecule has 0 aromatic heterocycles. The fraction of sp³-hybridized carbons (Fsp3) is 0.462. The number of carboxylic acid groups (broad SMARTS) is 1. The molecule has 0 bridgehead atoms. The maximum atomic E-state index is 11.2. The van der Waals surface area contributed by atoms with Crippen LogP contribution in [0.1, 0.15) is 18.9 Å². The van der Waals surface area contributed by atoms with Crippen molar-refractivity contribution < 1.29 is 9.90 Å². The van der Waals surface area contributed by atoms with Crippen molar-refractivity contribution in [3.8, 4) is 0 Å². The third-order valence-corrected chi connectivity index (χ3v) is 3.98. The Bertz CT molecular complexity index is 461. The van der Waals surface area contributed by atoms with Crippen LogP contribution in [0, 0.1) is 12.3 Å². The molecule has 1 fully saturated rings. The molecule has 1 aliphatic rings. The molecule has 0 amide bonds. The predicted molar refractivity (Wildman–Crippen MR) is 71.5 cm³/mol. The minimum atomic E-state index is -0.699. The summed E-state index contributed by atoms with van der Waals surface area (Å²) in [6.07, 6.45) is 0.706. The van der Waals surface area contributed by atoms with Crippen molar-refractivity contribution in [3.05, 3.63) is 28.2 Å². The number of benzene rings is 1. The Kier molecular flexibility index (Phi) is 3.17. The van der Waals surface area contributed by atoms with Crippen LogP contribution in [0.5, 0.6) is 0 Å². The molecule has 1 N–H and O–H groups in total. The number of anilines is 1. The molecule has 1 aliphatic heterocycles. The number of rotatable bonds is 2. The monoisotopic (exact) mass is 297 g/mol. The van der Waals surface area contributed by atoms with Crippen LogP contribution >= 0.6 is 15.9 Å². The standard InChI is InChI=1S/C13H16BrNO2/c1-9-7-10(14)3-4-11(9)15-6-5-13(2,8-15)12(16)17/h3-4,7H,5-6,8H2,1-2H3,(H,16,17). The van der Waals surface area contributed by atoms with Crippen molar-refractivity contribution >= 4 is 27.6 Å². The molecule has 3 nitrogen and oxygen atoms in total. The summed E-state index contributed by atoms with van der Waals surface area (Å²) < 4.78 is 1.05. The van der Waals surface area contributed by atoms with Gasteiger partial charge in [-0.2, -0.15) is 0 Å². The van der Waals surface area contributed by atoms with E-state index in [2.05, 4.69) is 33.8 Å². The molecule has 1 saturated heterocycles. The van der Waals surface area contributed by atoms with Gasteiger partial charge in [0.2, 0.25) is 0 Å². The van der Waals surface area contributed by atoms with Gasteiger partial charge in [-0.3, -0.25) is 4.79 Å². The largest absolute Gasteiger partial charge is 0.481 e. The van der Waals surface area contributed by atoms with Crippen LogP contribution < -0.4 is 4.90 Å². The first kappa shape index (κ1) is 12.4. The number of carbonyl (C=O) groups is 1. The van der Waals surface area contributed by atoms with Crippen molar-refractivity contribution in [1.29, 1.82) is 0 Å². The molecular formula is C13H16BrNO2. The van der Waals surface area contributed by atoms with E-state index in [4.69, 9.17) is 0 Å². The number of halogens is 1. The minimum absolute atomic E-state index is 0.588. The zero-order chi connectivity index (χ0) is 12.6. The van der Waals surface area contributed by atoms with E-state index >= 15 is 0 Å². The third kappa shape index (κ3) is 2.32. The lowest BCUT2D eigenvalue weighted by molar-refractivity contribution is -0.146. The fourth-order valence-corrected chi connectivity index (χ4v) is 2.79. The molecule has 92 valence electrons. The Hall–Kier alpha value is -1.03. The smallest absolute Gasteiger partial charge is 0.311 e. The molecule has 1 heterocycles. The molecule has 0 saturated carbocycles. The molecule has 1 aromatic rings. The fourth-order valence-electron chi connectivity index (χ4n) is 2.31. The van der Waals surface area contributed by atoms with Gasteiger partial charge in [0.1, 0.15) is 0 Å². The van der Waals surface area contributed by atoms with Gasteiger partial charge >= 0.3 is 5.97 Å². The topological polar surface area (TPSA) is 40.5 Å². The first-order chi connectivity index (χ1) is 7.92. The summed E-state index contributed by atoms with van der Waals surface area (Å²) in [7, 11) is 0. The number of nitrogens with zero attached hydrogens (tertiary/aromatic N) is 1. The zero-order valence-corrected chi connectivity index (χ0v) is 11.6.